The van der Waals surface area contributed by atoms with E-state index in [1.165, 1.54) is 10.7 Å². The number of rotatable bonds is 2. The number of aryl methyl sites for hydroxylation is 1. The van der Waals surface area contributed by atoms with Gasteiger partial charge in [0, 0.05) is 12.3 Å². The van der Waals surface area contributed by atoms with Gasteiger partial charge in [-0.25, -0.2) is 9.97 Å². The van der Waals surface area contributed by atoms with Crippen LogP contribution in [0.3, 0.4) is 0 Å². The lowest BCUT2D eigenvalue weighted by atomic mass is 10.1. The van der Waals surface area contributed by atoms with Crippen molar-refractivity contribution in [1.82, 2.24) is 29.2 Å². The first-order valence-electron chi connectivity index (χ1n) is 10.1. The van der Waals surface area contributed by atoms with Crippen molar-refractivity contribution < 1.29 is 4.48 Å². The maximum absolute atomic E-state index is 12.9. The summed E-state index contributed by atoms with van der Waals surface area (Å²) in [5.41, 5.74) is 3.28. The molecular formula is C21H25N8O+. The van der Waals surface area contributed by atoms with Gasteiger partial charge < -0.3 is 9.38 Å². The second-order valence-corrected chi connectivity index (χ2v) is 8.62. The minimum Gasteiger partial charge on any atom is -0.359 e. The van der Waals surface area contributed by atoms with Crippen molar-refractivity contribution in [1.29, 1.82) is 0 Å². The van der Waals surface area contributed by atoms with E-state index in [0.717, 1.165) is 29.8 Å². The van der Waals surface area contributed by atoms with Crippen molar-refractivity contribution in [2.75, 3.05) is 38.6 Å². The van der Waals surface area contributed by atoms with Gasteiger partial charge in [-0.2, -0.15) is 0 Å². The molecule has 1 saturated heterocycles. The first-order chi connectivity index (χ1) is 14.3. The number of piperazine rings is 1. The molecule has 0 spiro atoms. The topological polar surface area (TPSA) is 80.7 Å². The molecule has 0 bridgehead atoms. The molecule has 4 aromatic heterocycles. The Hall–Kier alpha value is -3.33. The number of likely N-dealkylation sites (N-methyl/N-ethyl adjacent to an activating group) is 1. The minimum atomic E-state index is -0.130. The third kappa shape index (κ3) is 3.11. The zero-order valence-corrected chi connectivity index (χ0v) is 17.6. The lowest BCUT2D eigenvalue weighted by Crippen LogP contribution is -2.60. The molecule has 1 aliphatic heterocycles. The molecule has 1 atom stereocenters. The third-order valence-corrected chi connectivity index (χ3v) is 6.21. The van der Waals surface area contributed by atoms with E-state index in [1.54, 1.807) is 4.40 Å². The quantitative estimate of drug-likeness (QED) is 0.469. The van der Waals surface area contributed by atoms with Gasteiger partial charge in [-0.05, 0) is 38.1 Å². The van der Waals surface area contributed by atoms with Crippen LogP contribution in [0.1, 0.15) is 12.7 Å². The number of quaternary nitrogens is 1. The summed E-state index contributed by atoms with van der Waals surface area (Å²) >= 11 is 0. The largest absolute Gasteiger partial charge is 0.359 e. The van der Waals surface area contributed by atoms with Gasteiger partial charge in [0.05, 0.1) is 45.1 Å². The van der Waals surface area contributed by atoms with Crippen LogP contribution in [0.5, 0.6) is 0 Å². The Labute approximate surface area is 173 Å². The molecule has 0 amide bonds. The molecule has 30 heavy (non-hydrogen) atoms. The number of pyridine rings is 1. The van der Waals surface area contributed by atoms with Crippen LogP contribution in [0, 0.1) is 6.92 Å². The van der Waals surface area contributed by atoms with E-state index < -0.39 is 0 Å². The lowest BCUT2D eigenvalue weighted by molar-refractivity contribution is -0.913. The van der Waals surface area contributed by atoms with Gasteiger partial charge in [0.25, 0.3) is 5.56 Å². The van der Waals surface area contributed by atoms with Gasteiger partial charge in [0.15, 0.2) is 5.65 Å². The summed E-state index contributed by atoms with van der Waals surface area (Å²) in [5.74, 6) is 0.646. The normalized spacial score (nSPS) is 18.9. The van der Waals surface area contributed by atoms with Crippen molar-refractivity contribution in [3.05, 3.63) is 52.7 Å². The second-order valence-electron chi connectivity index (χ2n) is 8.62. The van der Waals surface area contributed by atoms with Gasteiger partial charge >= 0.3 is 0 Å². The average molecular weight is 405 g/mol. The highest BCUT2D eigenvalue weighted by Crippen LogP contribution is 2.22. The van der Waals surface area contributed by atoms with E-state index in [9.17, 15) is 4.79 Å². The molecule has 5 heterocycles. The highest BCUT2D eigenvalue weighted by atomic mass is 16.1. The van der Waals surface area contributed by atoms with E-state index in [-0.39, 0.29) is 5.56 Å². The minimum absolute atomic E-state index is 0.130. The van der Waals surface area contributed by atoms with Gasteiger partial charge in [0.1, 0.15) is 23.2 Å². The van der Waals surface area contributed by atoms with E-state index in [2.05, 4.69) is 46.1 Å². The summed E-state index contributed by atoms with van der Waals surface area (Å²) < 4.78 is 4.09. The Morgan fingerprint density at radius 1 is 1.03 bits per heavy atom. The number of aromatic nitrogens is 6. The zero-order valence-electron chi connectivity index (χ0n) is 17.6. The maximum Gasteiger partial charge on any atom is 0.258 e. The average Bonchev–Trinajstić information content (AvgIpc) is 3.09. The monoisotopic (exact) mass is 405 g/mol. The maximum atomic E-state index is 12.9. The number of fused-ring (bicyclic) bond motifs is 2. The summed E-state index contributed by atoms with van der Waals surface area (Å²) in [5, 5.41) is 8.69. The van der Waals surface area contributed by atoms with E-state index in [1.807, 2.05) is 37.4 Å². The molecule has 0 unspecified atom stereocenters. The van der Waals surface area contributed by atoms with Crippen LogP contribution < -0.4 is 10.5 Å². The van der Waals surface area contributed by atoms with Crippen molar-refractivity contribution in [2.45, 2.75) is 19.9 Å². The fourth-order valence-electron chi connectivity index (χ4n) is 3.90. The van der Waals surface area contributed by atoms with Gasteiger partial charge in [-0.1, -0.05) is 0 Å². The molecule has 1 aliphatic rings. The predicted octanol–water partition coefficient (Wildman–Crippen LogP) is 1.39. The Bertz CT molecular complexity index is 1320. The molecule has 0 radical (unpaired) electrons. The van der Waals surface area contributed by atoms with Crippen molar-refractivity contribution in [3.8, 4) is 11.4 Å². The lowest BCUT2D eigenvalue weighted by Gasteiger charge is -2.45. The predicted molar refractivity (Wildman–Crippen MR) is 115 cm³/mol. The molecule has 9 nitrogen and oxygen atoms in total. The van der Waals surface area contributed by atoms with Gasteiger partial charge in [-0.3, -0.25) is 9.20 Å². The van der Waals surface area contributed by atoms with Crippen molar-refractivity contribution in [3.63, 3.8) is 0 Å². The highest BCUT2D eigenvalue weighted by Gasteiger charge is 2.31. The molecule has 1 fully saturated rings. The summed E-state index contributed by atoms with van der Waals surface area (Å²) in [6, 6.07) is 9.62. The zero-order chi connectivity index (χ0) is 21.0. The van der Waals surface area contributed by atoms with Crippen LogP contribution in [0.2, 0.25) is 0 Å². The molecule has 0 aliphatic carbocycles. The smallest absolute Gasteiger partial charge is 0.258 e. The van der Waals surface area contributed by atoms with Crippen LogP contribution in [0.25, 0.3) is 22.7 Å². The molecule has 0 N–H and O–H groups in total. The Morgan fingerprint density at radius 3 is 2.63 bits per heavy atom. The van der Waals surface area contributed by atoms with Crippen LogP contribution in [0.15, 0.2) is 41.3 Å². The summed E-state index contributed by atoms with van der Waals surface area (Å²) in [7, 11) is 4.54. The van der Waals surface area contributed by atoms with Crippen LogP contribution >= 0.6 is 0 Å². The second kappa shape index (κ2) is 6.60. The number of anilines is 1. The third-order valence-electron chi connectivity index (χ3n) is 6.21. The number of hydrogen-bond acceptors (Lipinski definition) is 6. The summed E-state index contributed by atoms with van der Waals surface area (Å²) in [4.78, 5) is 24.2. The van der Waals surface area contributed by atoms with Gasteiger partial charge in [0.2, 0.25) is 0 Å². The summed E-state index contributed by atoms with van der Waals surface area (Å²) in [6.45, 7) is 7.08. The summed E-state index contributed by atoms with van der Waals surface area (Å²) in [6.07, 6.45) is 1.89. The van der Waals surface area contributed by atoms with Crippen molar-refractivity contribution in [2.24, 2.45) is 0 Å². The van der Waals surface area contributed by atoms with Crippen LogP contribution in [-0.2, 0) is 0 Å². The van der Waals surface area contributed by atoms with E-state index in [0.29, 0.717) is 34.5 Å². The van der Waals surface area contributed by atoms with Crippen LogP contribution in [-0.4, -0.2) is 73.5 Å². The fourth-order valence-corrected chi connectivity index (χ4v) is 3.90. The first kappa shape index (κ1) is 18.7. The van der Waals surface area contributed by atoms with Crippen LogP contribution in [0.4, 0.5) is 5.69 Å². The van der Waals surface area contributed by atoms with E-state index in [4.69, 9.17) is 0 Å². The molecule has 4 aromatic rings. The Kier molecular flexibility index (Phi) is 4.11. The van der Waals surface area contributed by atoms with Crippen molar-refractivity contribution >= 4 is 17.0 Å². The fraction of sp³-hybridized carbons (Fsp3) is 0.381. The first-order valence-corrected chi connectivity index (χ1v) is 10.1. The molecule has 0 saturated carbocycles. The molecule has 9 heteroatoms. The molecule has 0 aromatic carbocycles. The van der Waals surface area contributed by atoms with E-state index >= 15 is 0 Å². The highest BCUT2D eigenvalue weighted by molar-refractivity contribution is 5.60. The molecule has 5 rings (SSSR count). The molecular weight excluding hydrogens is 380 g/mol. The molecule has 154 valence electrons. The Morgan fingerprint density at radius 2 is 1.83 bits per heavy atom. The Balaban J connectivity index is 1.52. The number of nitrogens with zero attached hydrogens (tertiary/aromatic N) is 8. The standard InChI is InChI=1S/C21H25N8O/c1-14-12-26(9-10-29(14,3)4)16-5-7-19-23-18(11-21(30)27(19)13-16)17-6-8-20-22-15(2)24-28(20)25-17/h5-8,11,13-14H,9-10,12H2,1-4H3/q+1/t14-/m0/s1. The van der Waals surface area contributed by atoms with Gasteiger partial charge in [-0.15, -0.1) is 14.8 Å². The number of hydrogen-bond donors (Lipinski definition) is 0. The SMILES string of the molecule is Cc1nc2ccc(-c3cc(=O)n4cc(N5CC[N+](C)(C)[C@@H](C)C5)ccc4n3)nn2n1.